The summed E-state index contributed by atoms with van der Waals surface area (Å²) in [6.45, 7) is 7.02. The van der Waals surface area contributed by atoms with Gasteiger partial charge in [-0.2, -0.15) is 0 Å². The zero-order chi connectivity index (χ0) is 46.2. The Morgan fingerprint density at radius 2 is 1.42 bits per heavy atom. The minimum absolute atomic E-state index is 0.108. The highest BCUT2D eigenvalue weighted by molar-refractivity contribution is 5.86. The Hall–Kier alpha value is -6.37. The number of nitrogens with one attached hydrogen (secondary N) is 4. The number of imidazole rings is 2. The lowest BCUT2D eigenvalue weighted by Crippen LogP contribution is -2.51. The molecule has 3 aliphatic rings. The molecule has 1 unspecified atom stereocenters. The van der Waals surface area contributed by atoms with E-state index in [1.807, 2.05) is 50.2 Å². The number of ether oxygens (including phenoxy) is 2. The normalized spacial score (nSPS) is 21.8. The van der Waals surface area contributed by atoms with Crippen molar-refractivity contribution >= 4 is 52.1 Å². The number of alkyl carbamates (subject to hydrolysis) is 1. The Kier molecular flexibility index (Phi) is 12.9. The second kappa shape index (κ2) is 18.6. The first kappa shape index (κ1) is 45.2. The van der Waals surface area contributed by atoms with Crippen LogP contribution in [0, 0.1) is 11.8 Å². The van der Waals surface area contributed by atoms with Gasteiger partial charge in [0.2, 0.25) is 5.91 Å². The summed E-state index contributed by atoms with van der Waals surface area (Å²) in [7, 11) is 1.26. The van der Waals surface area contributed by atoms with Crippen LogP contribution in [0.5, 0.6) is 5.75 Å². The van der Waals surface area contributed by atoms with E-state index in [9.17, 15) is 37.5 Å². The van der Waals surface area contributed by atoms with Crippen LogP contribution in [0.3, 0.4) is 0 Å². The number of aromatic nitrogens is 4. The summed E-state index contributed by atoms with van der Waals surface area (Å²) in [5, 5.41) is 14.6. The Balaban J connectivity index is 1.08. The second-order valence-corrected chi connectivity index (χ2v) is 17.6. The average molecular weight is 902 g/mol. The van der Waals surface area contributed by atoms with Gasteiger partial charge >= 0.3 is 18.5 Å². The molecule has 3 aromatic carbocycles. The van der Waals surface area contributed by atoms with Gasteiger partial charge in [0.1, 0.15) is 29.7 Å². The quantitative estimate of drug-likeness (QED) is 0.0676. The molecule has 0 saturated carbocycles. The maximum Gasteiger partial charge on any atom is 0.573 e. The van der Waals surface area contributed by atoms with Gasteiger partial charge in [0.15, 0.2) is 0 Å². The van der Waals surface area contributed by atoms with Crippen molar-refractivity contribution in [3.63, 3.8) is 0 Å². The predicted octanol–water partition coefficient (Wildman–Crippen LogP) is 8.07. The summed E-state index contributed by atoms with van der Waals surface area (Å²) < 4.78 is 48.6. The van der Waals surface area contributed by atoms with Crippen LogP contribution in [0.1, 0.15) is 106 Å². The summed E-state index contributed by atoms with van der Waals surface area (Å²) >= 11 is 0. The van der Waals surface area contributed by atoms with Crippen molar-refractivity contribution < 1.29 is 46.9 Å². The fourth-order valence-corrected chi connectivity index (χ4v) is 9.86. The van der Waals surface area contributed by atoms with Crippen molar-refractivity contribution in [3.8, 4) is 5.75 Å². The molecule has 3 aliphatic heterocycles. The van der Waals surface area contributed by atoms with Crippen LogP contribution in [0.25, 0.3) is 22.1 Å². The zero-order valence-electron chi connectivity index (χ0n) is 36.6. The zero-order valence-corrected chi connectivity index (χ0v) is 36.6. The van der Waals surface area contributed by atoms with Crippen LogP contribution in [-0.4, -0.2) is 104 Å². The van der Waals surface area contributed by atoms with Gasteiger partial charge in [0.25, 0.3) is 0 Å². The third kappa shape index (κ3) is 9.70. The largest absolute Gasteiger partial charge is 0.573 e. The Bertz CT molecular complexity index is 2530. The van der Waals surface area contributed by atoms with Crippen molar-refractivity contribution in [2.75, 3.05) is 31.6 Å². The molecule has 7 atom stereocenters. The van der Waals surface area contributed by atoms with Gasteiger partial charge in [0.05, 0.1) is 59.4 Å². The first-order chi connectivity index (χ1) is 31.1. The van der Waals surface area contributed by atoms with Crippen LogP contribution in [0.2, 0.25) is 0 Å². The number of nitrogens with zero attached hydrogens (tertiary/aromatic N) is 5. The molecule has 19 heteroatoms. The van der Waals surface area contributed by atoms with Crippen LogP contribution < -0.4 is 20.3 Å². The lowest BCUT2D eigenvalue weighted by molar-refractivity contribution is -0.274. The van der Waals surface area contributed by atoms with Gasteiger partial charge in [-0.05, 0) is 111 Å². The number of hydrogen-bond donors (Lipinski definition) is 5. The lowest BCUT2D eigenvalue weighted by Gasteiger charge is -2.33. The third-order valence-corrected chi connectivity index (χ3v) is 13.1. The molecule has 5 aromatic rings. The van der Waals surface area contributed by atoms with E-state index in [1.165, 1.54) is 19.2 Å². The predicted molar refractivity (Wildman–Crippen MR) is 234 cm³/mol. The first-order valence-electron chi connectivity index (χ1n) is 22.1. The fraction of sp³-hybridized carbons (Fsp3) is 0.478. The van der Waals surface area contributed by atoms with Crippen LogP contribution in [-0.2, 0) is 14.3 Å². The molecular weight excluding hydrogens is 848 g/mol. The van der Waals surface area contributed by atoms with Gasteiger partial charge in [-0.25, -0.2) is 19.6 Å². The number of H-pyrrole nitrogens is 2. The summed E-state index contributed by atoms with van der Waals surface area (Å²) in [5.41, 5.74) is 5.70. The number of fused-ring (bicyclic) bond motifs is 2. The lowest BCUT2D eigenvalue weighted by atomic mass is 10.0. The third-order valence-electron chi connectivity index (χ3n) is 13.1. The standard InChI is InChI=1S/C46H54F3N9O7/c1-25(2)40(55-45(63)64-4)43(60)57-20-6-8-39(57)42-51-32-16-10-28(22-34(32)53-42)37-18-17-36(58(37)29-11-13-30(14-12-29)65-46(47,48)49)27-9-15-31-33(21-27)52-41(50-31)38-7-5-19-56(38)23-35(26(3)24-59)54-44(61)62/h9-16,21-22,24-26,35-40,54H,5-8,17-20,23H2,1-4H3,(H,50,52)(H,51,53)(H,55,63)(H,61,62)/t26?,35-,36-,37-,38+,39+,40+/m1/s1. The molecule has 3 amide bonds. The number of rotatable bonds is 14. The van der Waals surface area contributed by atoms with E-state index < -0.39 is 36.6 Å². The molecule has 0 spiro atoms. The number of anilines is 1. The maximum absolute atomic E-state index is 13.8. The number of amides is 3. The smallest absolute Gasteiger partial charge is 0.465 e. The number of aldehydes is 1. The summed E-state index contributed by atoms with van der Waals surface area (Å²) in [6, 6.07) is 15.8. The van der Waals surface area contributed by atoms with Gasteiger partial charge in [-0.3, -0.25) is 9.69 Å². The highest BCUT2D eigenvalue weighted by Gasteiger charge is 2.40. The molecular formula is C46H54F3N9O7. The number of carbonyl (C=O) groups is 4. The van der Waals surface area contributed by atoms with Gasteiger partial charge in [0, 0.05) is 24.7 Å². The van der Waals surface area contributed by atoms with E-state index in [4.69, 9.17) is 14.7 Å². The number of carbonyl (C=O) groups excluding carboxylic acids is 3. The van der Waals surface area contributed by atoms with Crippen molar-refractivity contribution in [1.29, 1.82) is 0 Å². The average Bonchev–Trinajstić information content (AvgIpc) is 4.13. The van der Waals surface area contributed by atoms with E-state index in [0.29, 0.717) is 43.0 Å². The number of halogens is 3. The summed E-state index contributed by atoms with van der Waals surface area (Å²) in [5.74, 6) is 0.169. The summed E-state index contributed by atoms with van der Waals surface area (Å²) in [6.07, 6.45) is -1.35. The van der Waals surface area contributed by atoms with Crippen LogP contribution >= 0.6 is 0 Å². The minimum atomic E-state index is -4.84. The highest BCUT2D eigenvalue weighted by Crippen LogP contribution is 2.48. The van der Waals surface area contributed by atoms with Gasteiger partial charge < -0.3 is 49.8 Å². The molecule has 8 rings (SSSR count). The van der Waals surface area contributed by atoms with Crippen LogP contribution in [0.15, 0.2) is 60.7 Å². The van der Waals surface area contributed by atoms with Crippen molar-refractivity contribution in [3.05, 3.63) is 83.4 Å². The summed E-state index contributed by atoms with van der Waals surface area (Å²) in [4.78, 5) is 72.2. The van der Waals surface area contributed by atoms with E-state index in [-0.39, 0.29) is 41.7 Å². The molecule has 0 aliphatic carbocycles. The number of benzene rings is 3. The molecule has 65 heavy (non-hydrogen) atoms. The fourth-order valence-electron chi connectivity index (χ4n) is 9.86. The first-order valence-corrected chi connectivity index (χ1v) is 22.1. The number of hydrogen-bond acceptors (Lipinski definition) is 10. The van der Waals surface area contributed by atoms with Crippen molar-refractivity contribution in [2.45, 2.75) is 102 Å². The molecule has 0 bridgehead atoms. The SMILES string of the molecule is COC(=O)N[C@H](C(=O)N1CCC[C@H]1c1nc2cc([C@H]3CC[C@H](c4ccc5[nH]c([C@@H]6CCCN6C[C@@H](NC(=O)O)C(C)C=O)nc5c4)N3c3ccc(OC(F)(F)F)cc3)ccc2[nH]1)C(C)C. The molecule has 2 aromatic heterocycles. The number of likely N-dealkylation sites (tertiary alicyclic amines) is 2. The Labute approximate surface area is 373 Å². The number of aromatic amines is 2. The Morgan fingerprint density at radius 3 is 1.97 bits per heavy atom. The van der Waals surface area contributed by atoms with E-state index >= 15 is 0 Å². The highest BCUT2D eigenvalue weighted by atomic mass is 19.4. The monoisotopic (exact) mass is 901 g/mol. The minimum Gasteiger partial charge on any atom is -0.465 e. The molecule has 3 saturated heterocycles. The number of carboxylic acid groups (broad SMARTS) is 1. The number of methoxy groups -OCH3 is 1. The topological polar surface area (TPSA) is 198 Å². The molecule has 346 valence electrons. The molecule has 5 heterocycles. The van der Waals surface area contributed by atoms with E-state index in [1.54, 1.807) is 24.0 Å². The molecule has 0 radical (unpaired) electrons. The molecule has 3 fully saturated rings. The van der Waals surface area contributed by atoms with Gasteiger partial charge in [-0.15, -0.1) is 13.2 Å². The van der Waals surface area contributed by atoms with Crippen LogP contribution in [0.4, 0.5) is 28.4 Å². The maximum atomic E-state index is 13.8. The molecule has 16 nitrogen and oxygen atoms in total. The van der Waals surface area contributed by atoms with Gasteiger partial charge in [-0.1, -0.05) is 32.9 Å². The van der Waals surface area contributed by atoms with E-state index in [0.717, 1.165) is 72.0 Å². The Morgan fingerprint density at radius 1 is 0.831 bits per heavy atom. The molecule has 5 N–H and O–H groups in total. The number of alkyl halides is 3. The van der Waals surface area contributed by atoms with Crippen molar-refractivity contribution in [2.24, 2.45) is 11.8 Å². The van der Waals surface area contributed by atoms with E-state index in [2.05, 4.69) is 35.1 Å². The second-order valence-electron chi connectivity index (χ2n) is 17.6. The van der Waals surface area contributed by atoms with Crippen molar-refractivity contribution in [1.82, 2.24) is 40.4 Å².